The van der Waals surface area contributed by atoms with Gasteiger partial charge < -0.3 is 14.4 Å². The lowest BCUT2D eigenvalue weighted by Crippen LogP contribution is -2.41. The van der Waals surface area contributed by atoms with Crippen molar-refractivity contribution in [2.45, 2.75) is 58.1 Å². The summed E-state index contributed by atoms with van der Waals surface area (Å²) < 4.78 is 12.3. The predicted octanol–water partition coefficient (Wildman–Crippen LogP) is 2.65. The van der Waals surface area contributed by atoms with Gasteiger partial charge in [0.25, 0.3) is 0 Å². The van der Waals surface area contributed by atoms with E-state index in [0.717, 1.165) is 6.42 Å². The predicted molar refractivity (Wildman–Crippen MR) is 73.3 cm³/mol. The Hall–Kier alpha value is -0.315. The standard InChI is InChI=1S/C14H25BO3/c1-10-6-7-11(9-16)8-12(10)15-17-13(2,3)14(4,5)18-15/h6-7,10-12,16H,8-9H2,1-5H3/t10-,11+,12-/m1/s1. The first-order valence-electron chi connectivity index (χ1n) is 6.91. The van der Waals surface area contributed by atoms with E-state index in [1.165, 1.54) is 0 Å². The van der Waals surface area contributed by atoms with Crippen molar-refractivity contribution in [2.75, 3.05) is 6.61 Å². The van der Waals surface area contributed by atoms with Crippen molar-refractivity contribution in [3.8, 4) is 0 Å². The van der Waals surface area contributed by atoms with Gasteiger partial charge in [-0.05, 0) is 46.0 Å². The zero-order chi connectivity index (χ0) is 13.6. The van der Waals surface area contributed by atoms with Crippen LogP contribution in [0.2, 0.25) is 5.82 Å². The Bertz CT molecular complexity index is 322. The topological polar surface area (TPSA) is 38.7 Å². The van der Waals surface area contributed by atoms with E-state index >= 15 is 0 Å². The Morgan fingerprint density at radius 2 is 1.72 bits per heavy atom. The number of hydrogen-bond acceptors (Lipinski definition) is 3. The molecule has 1 N–H and O–H groups in total. The van der Waals surface area contributed by atoms with Crippen molar-refractivity contribution < 1.29 is 14.4 Å². The van der Waals surface area contributed by atoms with Gasteiger partial charge in [-0.15, -0.1) is 0 Å². The van der Waals surface area contributed by atoms with E-state index in [2.05, 4.69) is 46.8 Å². The molecular formula is C14H25BO3. The lowest BCUT2D eigenvalue weighted by Gasteiger charge is -2.32. The van der Waals surface area contributed by atoms with E-state index in [9.17, 15) is 5.11 Å². The second-order valence-electron chi connectivity index (χ2n) is 6.71. The lowest BCUT2D eigenvalue weighted by molar-refractivity contribution is 0.00578. The Labute approximate surface area is 111 Å². The fourth-order valence-corrected chi connectivity index (χ4v) is 2.68. The maximum Gasteiger partial charge on any atom is 0.461 e. The molecule has 3 nitrogen and oxygen atoms in total. The minimum atomic E-state index is -0.271. The van der Waals surface area contributed by atoms with Gasteiger partial charge in [-0.25, -0.2) is 0 Å². The first-order valence-corrected chi connectivity index (χ1v) is 6.91. The largest absolute Gasteiger partial charge is 0.461 e. The van der Waals surface area contributed by atoms with Crippen LogP contribution < -0.4 is 0 Å². The molecule has 1 aliphatic heterocycles. The molecule has 1 fully saturated rings. The molecule has 0 unspecified atom stereocenters. The van der Waals surface area contributed by atoms with E-state index in [-0.39, 0.29) is 30.8 Å². The molecule has 0 spiro atoms. The van der Waals surface area contributed by atoms with Crippen molar-refractivity contribution in [3.05, 3.63) is 12.2 Å². The average molecular weight is 252 g/mol. The van der Waals surface area contributed by atoms with Crippen molar-refractivity contribution in [1.29, 1.82) is 0 Å². The molecule has 2 rings (SSSR count). The Balaban J connectivity index is 2.12. The van der Waals surface area contributed by atoms with Crippen molar-refractivity contribution in [1.82, 2.24) is 0 Å². The summed E-state index contributed by atoms with van der Waals surface area (Å²) in [6.45, 7) is 10.7. The van der Waals surface area contributed by atoms with Crippen LogP contribution >= 0.6 is 0 Å². The summed E-state index contributed by atoms with van der Waals surface area (Å²) in [4.78, 5) is 0. The van der Waals surface area contributed by atoms with Crippen LogP contribution in [0.15, 0.2) is 12.2 Å². The van der Waals surface area contributed by atoms with Crippen LogP contribution in [0.5, 0.6) is 0 Å². The molecule has 102 valence electrons. The third-order valence-electron chi connectivity index (χ3n) is 4.79. The third-order valence-corrected chi connectivity index (χ3v) is 4.79. The summed E-state index contributed by atoms with van der Waals surface area (Å²) in [5.74, 6) is 1.00. The maximum absolute atomic E-state index is 9.31. The van der Waals surface area contributed by atoms with E-state index in [0.29, 0.717) is 11.7 Å². The summed E-state index contributed by atoms with van der Waals surface area (Å²) in [6, 6.07) is 0. The van der Waals surface area contributed by atoms with Gasteiger partial charge in [0.05, 0.1) is 11.2 Å². The molecule has 0 aromatic rings. The summed E-state index contributed by atoms with van der Waals surface area (Å²) in [7, 11) is -0.163. The van der Waals surface area contributed by atoms with Crippen LogP contribution in [-0.4, -0.2) is 30.0 Å². The maximum atomic E-state index is 9.31. The molecule has 0 aromatic carbocycles. The monoisotopic (exact) mass is 252 g/mol. The van der Waals surface area contributed by atoms with Crippen molar-refractivity contribution >= 4 is 7.12 Å². The SMILES string of the molecule is C[C@@H]1C=C[C@H](CO)C[C@H]1B1OC(C)(C)C(C)(C)O1. The molecule has 0 aromatic heterocycles. The zero-order valence-corrected chi connectivity index (χ0v) is 12.1. The van der Waals surface area contributed by atoms with E-state index < -0.39 is 0 Å². The molecule has 0 radical (unpaired) electrons. The van der Waals surface area contributed by atoms with Crippen molar-refractivity contribution in [3.63, 3.8) is 0 Å². The van der Waals surface area contributed by atoms with Crippen LogP contribution in [0.25, 0.3) is 0 Å². The van der Waals surface area contributed by atoms with E-state index in [4.69, 9.17) is 9.31 Å². The third kappa shape index (κ3) is 2.38. The second-order valence-corrected chi connectivity index (χ2v) is 6.71. The Kier molecular flexibility index (Phi) is 3.65. The van der Waals surface area contributed by atoms with Gasteiger partial charge in [0.1, 0.15) is 0 Å². The first kappa shape index (κ1) is 14.1. The normalized spacial score (nSPS) is 38.1. The van der Waals surface area contributed by atoms with Crippen LogP contribution in [-0.2, 0) is 9.31 Å². The fourth-order valence-electron chi connectivity index (χ4n) is 2.68. The molecule has 1 saturated heterocycles. The minimum absolute atomic E-state index is 0.163. The van der Waals surface area contributed by atoms with Gasteiger partial charge in [-0.2, -0.15) is 0 Å². The number of aliphatic hydroxyl groups excluding tert-OH is 1. The highest BCUT2D eigenvalue weighted by Crippen LogP contribution is 2.45. The fraction of sp³-hybridized carbons (Fsp3) is 0.857. The number of rotatable bonds is 2. The second kappa shape index (κ2) is 4.66. The smallest absolute Gasteiger partial charge is 0.403 e. The van der Waals surface area contributed by atoms with Crippen LogP contribution in [0, 0.1) is 11.8 Å². The molecular weight excluding hydrogens is 227 g/mol. The first-order chi connectivity index (χ1) is 8.27. The average Bonchev–Trinajstić information content (AvgIpc) is 2.48. The summed E-state index contributed by atoms with van der Waals surface area (Å²) in [5.41, 5.74) is -0.541. The van der Waals surface area contributed by atoms with Gasteiger partial charge in [-0.3, -0.25) is 0 Å². The van der Waals surface area contributed by atoms with Gasteiger partial charge >= 0.3 is 7.12 Å². The molecule has 2 aliphatic rings. The Morgan fingerprint density at radius 3 is 2.22 bits per heavy atom. The minimum Gasteiger partial charge on any atom is -0.403 e. The molecule has 0 amide bonds. The summed E-state index contributed by atoms with van der Waals surface area (Å²) in [6.07, 6.45) is 5.23. The summed E-state index contributed by atoms with van der Waals surface area (Å²) in [5, 5.41) is 9.31. The molecule has 18 heavy (non-hydrogen) atoms. The highest BCUT2D eigenvalue weighted by atomic mass is 16.7. The van der Waals surface area contributed by atoms with Gasteiger partial charge in [0, 0.05) is 12.4 Å². The highest BCUT2D eigenvalue weighted by Gasteiger charge is 2.54. The molecule has 3 atom stereocenters. The van der Waals surface area contributed by atoms with Gasteiger partial charge in [0.2, 0.25) is 0 Å². The zero-order valence-electron chi connectivity index (χ0n) is 12.1. The number of hydrogen-bond donors (Lipinski definition) is 1. The van der Waals surface area contributed by atoms with E-state index in [1.807, 2.05) is 0 Å². The summed E-state index contributed by atoms with van der Waals surface area (Å²) >= 11 is 0. The molecule has 0 saturated carbocycles. The molecule has 0 bridgehead atoms. The van der Waals surface area contributed by atoms with Crippen LogP contribution in [0.1, 0.15) is 41.0 Å². The molecule has 4 heteroatoms. The number of allylic oxidation sites excluding steroid dienone is 1. The highest BCUT2D eigenvalue weighted by molar-refractivity contribution is 6.47. The van der Waals surface area contributed by atoms with Crippen LogP contribution in [0.3, 0.4) is 0 Å². The van der Waals surface area contributed by atoms with Crippen LogP contribution in [0.4, 0.5) is 0 Å². The number of aliphatic hydroxyl groups is 1. The Morgan fingerprint density at radius 1 is 1.17 bits per heavy atom. The molecule has 1 heterocycles. The lowest BCUT2D eigenvalue weighted by atomic mass is 9.60. The quantitative estimate of drug-likeness (QED) is 0.606. The van der Waals surface area contributed by atoms with E-state index in [1.54, 1.807) is 0 Å². The van der Waals surface area contributed by atoms with Gasteiger partial charge in [0.15, 0.2) is 0 Å². The molecule has 1 aliphatic carbocycles. The van der Waals surface area contributed by atoms with Crippen molar-refractivity contribution in [2.24, 2.45) is 11.8 Å². The van der Waals surface area contributed by atoms with Gasteiger partial charge in [-0.1, -0.05) is 19.1 Å².